The predicted octanol–water partition coefficient (Wildman–Crippen LogP) is 3.71. The lowest BCUT2D eigenvalue weighted by Gasteiger charge is -2.06. The molecule has 0 saturated heterocycles. The van der Waals surface area contributed by atoms with E-state index in [2.05, 4.69) is 9.69 Å². The summed E-state index contributed by atoms with van der Waals surface area (Å²) in [5.41, 5.74) is 0.534. The van der Waals surface area contributed by atoms with Crippen LogP contribution in [-0.4, -0.2) is 21.4 Å². The molecule has 1 amide bonds. The Morgan fingerprint density at radius 1 is 1.35 bits per heavy atom. The van der Waals surface area contributed by atoms with Crippen molar-refractivity contribution in [3.05, 3.63) is 45.1 Å². The summed E-state index contributed by atoms with van der Waals surface area (Å²) < 4.78 is 3.91. The highest BCUT2D eigenvalue weighted by atomic mass is 35.5. The first kappa shape index (κ1) is 14.8. The van der Waals surface area contributed by atoms with E-state index in [4.69, 9.17) is 28.3 Å². The van der Waals surface area contributed by atoms with E-state index < -0.39 is 11.9 Å². The molecule has 8 heteroatoms. The van der Waals surface area contributed by atoms with Crippen molar-refractivity contribution in [3.63, 3.8) is 0 Å². The first-order valence-corrected chi connectivity index (χ1v) is 6.89. The normalized spacial score (nSPS) is 10.3. The summed E-state index contributed by atoms with van der Waals surface area (Å²) in [6.45, 7) is 1.56. The molecule has 2 N–H and O–H groups in total. The monoisotopic (exact) mass is 330 g/mol. The molecule has 5 nitrogen and oxygen atoms in total. The number of carboxylic acid groups (broad SMARTS) is 1. The maximum atomic E-state index is 12.1. The van der Waals surface area contributed by atoms with Gasteiger partial charge >= 0.3 is 5.97 Å². The Bertz CT molecular complexity index is 700. The van der Waals surface area contributed by atoms with Gasteiger partial charge in [0, 0.05) is 5.02 Å². The lowest BCUT2D eigenvalue weighted by Crippen LogP contribution is -2.14. The van der Waals surface area contributed by atoms with Gasteiger partial charge in [0.1, 0.15) is 10.6 Å². The number of anilines is 1. The second-order valence-electron chi connectivity index (χ2n) is 3.86. The fourth-order valence-electron chi connectivity index (χ4n) is 1.55. The summed E-state index contributed by atoms with van der Waals surface area (Å²) >= 11 is 12.6. The first-order chi connectivity index (χ1) is 9.40. The second-order valence-corrected chi connectivity index (χ2v) is 5.47. The quantitative estimate of drug-likeness (QED) is 0.899. The molecular weight excluding hydrogens is 323 g/mol. The van der Waals surface area contributed by atoms with Crippen molar-refractivity contribution >= 4 is 51.6 Å². The van der Waals surface area contributed by atoms with Crippen LogP contribution in [0.5, 0.6) is 0 Å². The summed E-state index contributed by atoms with van der Waals surface area (Å²) in [7, 11) is 0. The van der Waals surface area contributed by atoms with Gasteiger partial charge in [-0.3, -0.25) is 4.79 Å². The van der Waals surface area contributed by atoms with E-state index >= 15 is 0 Å². The zero-order valence-corrected chi connectivity index (χ0v) is 12.4. The van der Waals surface area contributed by atoms with Crippen molar-refractivity contribution in [2.24, 2.45) is 0 Å². The Morgan fingerprint density at radius 3 is 2.65 bits per heavy atom. The average molecular weight is 331 g/mol. The molecule has 0 aliphatic carbocycles. The van der Waals surface area contributed by atoms with Gasteiger partial charge in [-0.2, -0.15) is 4.37 Å². The van der Waals surface area contributed by atoms with Crippen LogP contribution in [-0.2, 0) is 0 Å². The molecule has 1 heterocycles. The lowest BCUT2D eigenvalue weighted by molar-refractivity contribution is 0.0697. The Kier molecular flexibility index (Phi) is 4.27. The standard InChI is InChI=1S/C12H8Cl2N2O3S/c1-5-9(12(18)19)11(20-16-5)15-10(17)7-3-2-6(13)4-8(7)14/h2-4H,1H3,(H,15,17)(H,18,19). The SMILES string of the molecule is Cc1nsc(NC(=O)c2ccc(Cl)cc2Cl)c1C(=O)O. The van der Waals surface area contributed by atoms with Crippen LogP contribution in [0.25, 0.3) is 0 Å². The molecule has 0 fully saturated rings. The molecule has 1 aromatic heterocycles. The van der Waals surface area contributed by atoms with Crippen molar-refractivity contribution in [1.29, 1.82) is 0 Å². The zero-order valence-electron chi connectivity index (χ0n) is 10.1. The zero-order chi connectivity index (χ0) is 14.9. The van der Waals surface area contributed by atoms with Crippen LogP contribution in [0.3, 0.4) is 0 Å². The number of halogens is 2. The smallest absolute Gasteiger partial charge is 0.340 e. The molecule has 0 aliphatic heterocycles. The molecule has 104 valence electrons. The predicted molar refractivity (Wildman–Crippen MR) is 78.2 cm³/mol. The number of rotatable bonds is 3. The van der Waals surface area contributed by atoms with E-state index in [1.807, 2.05) is 0 Å². The number of aromatic carboxylic acids is 1. The van der Waals surface area contributed by atoms with Crippen LogP contribution < -0.4 is 5.32 Å². The summed E-state index contributed by atoms with van der Waals surface area (Å²) in [6.07, 6.45) is 0. The van der Waals surface area contributed by atoms with Gasteiger partial charge in [0.2, 0.25) is 0 Å². The van der Waals surface area contributed by atoms with Gasteiger partial charge in [-0.25, -0.2) is 4.79 Å². The third kappa shape index (κ3) is 2.92. The first-order valence-electron chi connectivity index (χ1n) is 5.36. The van der Waals surface area contributed by atoms with Crippen molar-refractivity contribution in [3.8, 4) is 0 Å². The number of aryl methyl sites for hydroxylation is 1. The molecule has 1 aromatic carbocycles. The Labute approximate surface area is 128 Å². The van der Waals surface area contributed by atoms with E-state index in [-0.39, 0.29) is 21.2 Å². The minimum Gasteiger partial charge on any atom is -0.478 e. The van der Waals surface area contributed by atoms with Crippen LogP contribution in [0.15, 0.2) is 18.2 Å². The number of hydrogen-bond donors (Lipinski definition) is 2. The van der Waals surface area contributed by atoms with Crippen molar-refractivity contribution < 1.29 is 14.7 Å². The van der Waals surface area contributed by atoms with Gasteiger partial charge in [-0.1, -0.05) is 23.2 Å². The van der Waals surface area contributed by atoms with E-state index in [0.717, 1.165) is 11.5 Å². The van der Waals surface area contributed by atoms with E-state index in [0.29, 0.717) is 10.7 Å². The van der Waals surface area contributed by atoms with Crippen LogP contribution in [0.2, 0.25) is 10.0 Å². The number of carboxylic acids is 1. The number of nitrogens with one attached hydrogen (secondary N) is 1. The van der Waals surface area contributed by atoms with Crippen LogP contribution in [0.1, 0.15) is 26.4 Å². The lowest BCUT2D eigenvalue weighted by atomic mass is 10.2. The Balaban J connectivity index is 2.31. The van der Waals surface area contributed by atoms with Gasteiger partial charge < -0.3 is 10.4 Å². The Hall–Kier alpha value is -1.63. The second kappa shape index (κ2) is 5.78. The molecule has 2 aromatic rings. The molecule has 0 saturated carbocycles. The molecule has 0 radical (unpaired) electrons. The van der Waals surface area contributed by atoms with Crippen LogP contribution >= 0.6 is 34.7 Å². The number of carbonyl (C=O) groups is 2. The van der Waals surface area contributed by atoms with Gasteiger partial charge in [0.05, 0.1) is 16.3 Å². The largest absolute Gasteiger partial charge is 0.478 e. The summed E-state index contributed by atoms with van der Waals surface area (Å²) in [4.78, 5) is 23.2. The summed E-state index contributed by atoms with van der Waals surface area (Å²) in [5, 5.41) is 12.3. The fraction of sp³-hybridized carbons (Fsp3) is 0.0833. The van der Waals surface area contributed by atoms with E-state index in [1.165, 1.54) is 18.2 Å². The third-order valence-electron chi connectivity index (χ3n) is 2.48. The van der Waals surface area contributed by atoms with Gasteiger partial charge in [-0.05, 0) is 36.7 Å². The number of aromatic nitrogens is 1. The molecule has 0 atom stereocenters. The van der Waals surface area contributed by atoms with Gasteiger partial charge in [-0.15, -0.1) is 0 Å². The minimum atomic E-state index is -1.14. The maximum absolute atomic E-state index is 12.1. The number of carbonyl (C=O) groups excluding carboxylic acids is 1. The van der Waals surface area contributed by atoms with Crippen molar-refractivity contribution in [2.75, 3.05) is 5.32 Å². The number of benzene rings is 1. The Morgan fingerprint density at radius 2 is 2.05 bits per heavy atom. The number of amides is 1. The summed E-state index contributed by atoms with van der Waals surface area (Å²) in [5.74, 6) is -1.66. The van der Waals surface area contributed by atoms with Crippen molar-refractivity contribution in [1.82, 2.24) is 4.37 Å². The number of nitrogens with zero attached hydrogens (tertiary/aromatic N) is 1. The average Bonchev–Trinajstić information content (AvgIpc) is 2.70. The fourth-order valence-corrected chi connectivity index (χ4v) is 2.83. The molecule has 2 rings (SSSR count). The molecule has 0 unspecified atom stereocenters. The summed E-state index contributed by atoms with van der Waals surface area (Å²) in [6, 6.07) is 4.43. The van der Waals surface area contributed by atoms with Crippen LogP contribution in [0, 0.1) is 6.92 Å². The third-order valence-corrected chi connectivity index (χ3v) is 3.88. The highest BCUT2D eigenvalue weighted by Gasteiger charge is 2.20. The topological polar surface area (TPSA) is 79.3 Å². The van der Waals surface area contributed by atoms with Gasteiger partial charge in [0.15, 0.2) is 0 Å². The van der Waals surface area contributed by atoms with E-state index in [9.17, 15) is 9.59 Å². The molecule has 0 spiro atoms. The molecule has 0 aliphatic rings. The molecule has 20 heavy (non-hydrogen) atoms. The highest BCUT2D eigenvalue weighted by molar-refractivity contribution is 7.11. The van der Waals surface area contributed by atoms with Gasteiger partial charge in [0.25, 0.3) is 5.91 Å². The molecular formula is C12H8Cl2N2O3S. The number of hydrogen-bond acceptors (Lipinski definition) is 4. The van der Waals surface area contributed by atoms with Crippen LogP contribution in [0.4, 0.5) is 5.00 Å². The highest BCUT2D eigenvalue weighted by Crippen LogP contribution is 2.27. The minimum absolute atomic E-state index is 0.0200. The van der Waals surface area contributed by atoms with E-state index in [1.54, 1.807) is 6.92 Å². The van der Waals surface area contributed by atoms with Crippen molar-refractivity contribution in [2.45, 2.75) is 6.92 Å². The molecule has 0 bridgehead atoms. The maximum Gasteiger partial charge on any atom is 0.340 e.